The number of pyridine rings is 1. The van der Waals surface area contributed by atoms with Crippen LogP contribution in [0.2, 0.25) is 0 Å². The standard InChI is InChI=1S/C20H26N4O3/c25-20(8-13-27-18-4-2-1-3-5-18)23-19-7-6-17(16-22-19)21-9-10-24-11-14-26-15-12-24/h1-7,16,21H,8-15H2,(H,22,23,25). The van der Waals surface area contributed by atoms with Gasteiger partial charge in [-0.05, 0) is 24.3 Å². The number of carbonyl (C=O) groups is 1. The number of rotatable bonds is 9. The van der Waals surface area contributed by atoms with E-state index in [2.05, 4.69) is 20.5 Å². The number of carbonyl (C=O) groups excluding carboxylic acids is 1. The van der Waals surface area contributed by atoms with Gasteiger partial charge in [-0.2, -0.15) is 0 Å². The van der Waals surface area contributed by atoms with Crippen LogP contribution in [0, 0.1) is 0 Å². The maximum atomic E-state index is 12.0. The molecule has 1 saturated heterocycles. The molecular weight excluding hydrogens is 344 g/mol. The molecule has 7 nitrogen and oxygen atoms in total. The van der Waals surface area contributed by atoms with Gasteiger partial charge in [0.2, 0.25) is 5.91 Å². The zero-order valence-corrected chi connectivity index (χ0v) is 15.4. The monoisotopic (exact) mass is 370 g/mol. The van der Waals surface area contributed by atoms with Gasteiger partial charge >= 0.3 is 0 Å². The molecule has 7 heteroatoms. The first kappa shape index (κ1) is 19.1. The highest BCUT2D eigenvalue weighted by Gasteiger charge is 2.09. The highest BCUT2D eigenvalue weighted by atomic mass is 16.5. The van der Waals surface area contributed by atoms with Crippen molar-refractivity contribution >= 4 is 17.4 Å². The maximum Gasteiger partial charge on any atom is 0.228 e. The van der Waals surface area contributed by atoms with Crippen LogP contribution in [-0.4, -0.2) is 61.8 Å². The fourth-order valence-corrected chi connectivity index (χ4v) is 2.74. The summed E-state index contributed by atoms with van der Waals surface area (Å²) >= 11 is 0. The topological polar surface area (TPSA) is 75.7 Å². The Bertz CT molecular complexity index is 688. The van der Waals surface area contributed by atoms with E-state index in [9.17, 15) is 4.79 Å². The quantitative estimate of drug-likeness (QED) is 0.705. The first-order valence-electron chi connectivity index (χ1n) is 9.27. The number of hydrogen-bond donors (Lipinski definition) is 2. The fraction of sp³-hybridized carbons (Fsp3) is 0.400. The van der Waals surface area contributed by atoms with Crippen molar-refractivity contribution in [2.45, 2.75) is 6.42 Å². The van der Waals surface area contributed by atoms with Gasteiger partial charge in [-0.1, -0.05) is 18.2 Å². The van der Waals surface area contributed by atoms with E-state index in [1.54, 1.807) is 12.3 Å². The molecule has 2 heterocycles. The molecule has 0 aliphatic carbocycles. The molecule has 1 aromatic heterocycles. The van der Waals surface area contributed by atoms with Crippen LogP contribution in [0.4, 0.5) is 11.5 Å². The second-order valence-corrected chi connectivity index (χ2v) is 6.27. The smallest absolute Gasteiger partial charge is 0.228 e. The summed E-state index contributed by atoms with van der Waals surface area (Å²) in [5.74, 6) is 1.18. The molecular formula is C20H26N4O3. The summed E-state index contributed by atoms with van der Waals surface area (Å²) in [7, 11) is 0. The summed E-state index contributed by atoms with van der Waals surface area (Å²) < 4.78 is 10.9. The predicted octanol–water partition coefficient (Wildman–Crippen LogP) is 2.23. The number of morpholine rings is 1. The summed E-state index contributed by atoms with van der Waals surface area (Å²) in [6, 6.07) is 13.2. The van der Waals surface area contributed by atoms with Crippen LogP contribution in [0.15, 0.2) is 48.7 Å². The van der Waals surface area contributed by atoms with Gasteiger partial charge in [-0.15, -0.1) is 0 Å². The van der Waals surface area contributed by atoms with Crippen LogP contribution in [0.5, 0.6) is 5.75 Å². The molecule has 0 bridgehead atoms. The van der Waals surface area contributed by atoms with Crippen molar-refractivity contribution in [3.63, 3.8) is 0 Å². The second kappa shape index (κ2) is 10.5. The van der Waals surface area contributed by atoms with Crippen molar-refractivity contribution in [2.75, 3.05) is 56.6 Å². The number of anilines is 2. The molecule has 1 aliphatic rings. The third kappa shape index (κ3) is 6.88. The Morgan fingerprint density at radius 3 is 2.70 bits per heavy atom. The Morgan fingerprint density at radius 1 is 1.15 bits per heavy atom. The summed E-state index contributed by atoms with van der Waals surface area (Å²) in [5.41, 5.74) is 0.939. The minimum atomic E-state index is -0.119. The molecule has 0 spiro atoms. The highest BCUT2D eigenvalue weighted by Crippen LogP contribution is 2.11. The lowest BCUT2D eigenvalue weighted by atomic mass is 10.3. The van der Waals surface area contributed by atoms with Gasteiger partial charge in [-0.25, -0.2) is 4.98 Å². The van der Waals surface area contributed by atoms with Crippen LogP contribution in [0.3, 0.4) is 0 Å². The Kier molecular flexibility index (Phi) is 7.44. The van der Waals surface area contributed by atoms with Gasteiger partial charge in [0.05, 0.1) is 38.1 Å². The van der Waals surface area contributed by atoms with E-state index in [1.165, 1.54) is 0 Å². The Balaban J connectivity index is 1.33. The Hall–Kier alpha value is -2.64. The van der Waals surface area contributed by atoms with Gasteiger partial charge in [-0.3, -0.25) is 9.69 Å². The lowest BCUT2D eigenvalue weighted by molar-refractivity contribution is -0.116. The third-order valence-corrected chi connectivity index (χ3v) is 4.23. The molecule has 1 aromatic carbocycles. The van der Waals surface area contributed by atoms with Crippen molar-refractivity contribution in [2.24, 2.45) is 0 Å². The highest BCUT2D eigenvalue weighted by molar-refractivity contribution is 5.89. The zero-order chi connectivity index (χ0) is 18.7. The van der Waals surface area contributed by atoms with E-state index < -0.39 is 0 Å². The molecule has 0 atom stereocenters. The average molecular weight is 370 g/mol. The summed E-state index contributed by atoms with van der Waals surface area (Å²) in [6.45, 7) is 5.75. The van der Waals surface area contributed by atoms with Gasteiger partial charge in [0.15, 0.2) is 0 Å². The predicted molar refractivity (Wildman–Crippen MR) is 105 cm³/mol. The maximum absolute atomic E-state index is 12.0. The molecule has 1 aliphatic heterocycles. The van der Waals surface area contributed by atoms with Crippen LogP contribution in [0.25, 0.3) is 0 Å². The summed E-state index contributed by atoms with van der Waals surface area (Å²) in [4.78, 5) is 18.6. The van der Waals surface area contributed by atoms with Gasteiger partial charge < -0.3 is 20.1 Å². The largest absolute Gasteiger partial charge is 0.493 e. The molecule has 27 heavy (non-hydrogen) atoms. The number of nitrogens with one attached hydrogen (secondary N) is 2. The molecule has 1 fully saturated rings. The number of amides is 1. The minimum Gasteiger partial charge on any atom is -0.493 e. The van der Waals surface area contributed by atoms with E-state index in [4.69, 9.17) is 9.47 Å². The number of nitrogens with zero attached hydrogens (tertiary/aromatic N) is 2. The first-order valence-corrected chi connectivity index (χ1v) is 9.27. The van der Waals surface area contributed by atoms with Crippen LogP contribution >= 0.6 is 0 Å². The van der Waals surface area contributed by atoms with E-state index in [1.807, 2.05) is 36.4 Å². The molecule has 2 aromatic rings. The van der Waals surface area contributed by atoms with E-state index in [0.717, 1.165) is 50.8 Å². The van der Waals surface area contributed by atoms with Crippen molar-refractivity contribution in [3.8, 4) is 5.75 Å². The van der Waals surface area contributed by atoms with E-state index in [0.29, 0.717) is 12.4 Å². The van der Waals surface area contributed by atoms with Crippen molar-refractivity contribution in [3.05, 3.63) is 48.7 Å². The Labute approximate surface area is 159 Å². The SMILES string of the molecule is O=C(CCOc1ccccc1)Nc1ccc(NCCN2CCOCC2)cn1. The number of benzene rings is 1. The average Bonchev–Trinajstić information content (AvgIpc) is 2.71. The van der Waals surface area contributed by atoms with Gasteiger partial charge in [0.25, 0.3) is 0 Å². The van der Waals surface area contributed by atoms with E-state index >= 15 is 0 Å². The van der Waals surface area contributed by atoms with Gasteiger partial charge in [0.1, 0.15) is 11.6 Å². The summed E-state index contributed by atoms with van der Waals surface area (Å²) in [5, 5.41) is 6.13. The van der Waals surface area contributed by atoms with Crippen molar-refractivity contribution in [1.29, 1.82) is 0 Å². The van der Waals surface area contributed by atoms with Gasteiger partial charge in [0, 0.05) is 26.2 Å². The molecule has 3 rings (SSSR count). The molecule has 2 N–H and O–H groups in total. The number of para-hydroxylation sites is 1. The molecule has 0 saturated carbocycles. The normalized spacial score (nSPS) is 14.5. The van der Waals surface area contributed by atoms with Crippen LogP contribution in [0.1, 0.15) is 6.42 Å². The Morgan fingerprint density at radius 2 is 1.96 bits per heavy atom. The van der Waals surface area contributed by atoms with E-state index in [-0.39, 0.29) is 12.3 Å². The van der Waals surface area contributed by atoms with Crippen molar-refractivity contribution in [1.82, 2.24) is 9.88 Å². The fourth-order valence-electron chi connectivity index (χ4n) is 2.74. The minimum absolute atomic E-state index is 0.119. The lowest BCUT2D eigenvalue weighted by Crippen LogP contribution is -2.39. The van der Waals surface area contributed by atoms with Crippen LogP contribution < -0.4 is 15.4 Å². The second-order valence-electron chi connectivity index (χ2n) is 6.27. The molecule has 144 valence electrons. The molecule has 1 amide bonds. The number of aromatic nitrogens is 1. The summed E-state index contributed by atoms with van der Waals surface area (Å²) in [6.07, 6.45) is 2.01. The third-order valence-electron chi connectivity index (χ3n) is 4.23. The molecule has 0 unspecified atom stereocenters. The molecule has 0 radical (unpaired) electrons. The lowest BCUT2D eigenvalue weighted by Gasteiger charge is -2.26. The first-order chi connectivity index (χ1) is 13.3. The number of hydrogen-bond acceptors (Lipinski definition) is 6. The number of ether oxygens (including phenoxy) is 2. The van der Waals surface area contributed by atoms with Crippen LogP contribution in [-0.2, 0) is 9.53 Å². The van der Waals surface area contributed by atoms with Crippen molar-refractivity contribution < 1.29 is 14.3 Å². The zero-order valence-electron chi connectivity index (χ0n) is 15.4.